The van der Waals surface area contributed by atoms with Crippen molar-refractivity contribution >= 4 is 11.7 Å². The molecule has 2 rings (SSSR count). The van der Waals surface area contributed by atoms with E-state index in [0.29, 0.717) is 6.54 Å². The molecule has 1 saturated carbocycles. The van der Waals surface area contributed by atoms with Crippen LogP contribution in [0.4, 0.5) is 0 Å². The molecule has 18 heavy (non-hydrogen) atoms. The minimum absolute atomic E-state index is 0.0467. The van der Waals surface area contributed by atoms with E-state index >= 15 is 0 Å². The SMILES string of the molecule is O=C(NCc1ccccc1)C(=O)C1CCCCC1. The smallest absolute Gasteiger partial charge is 0.287 e. The van der Waals surface area contributed by atoms with Gasteiger partial charge < -0.3 is 5.32 Å². The Morgan fingerprint density at radius 1 is 1.06 bits per heavy atom. The molecule has 0 radical (unpaired) electrons. The molecule has 1 aliphatic carbocycles. The Bertz CT molecular complexity index is 408. The van der Waals surface area contributed by atoms with E-state index in [0.717, 1.165) is 31.2 Å². The molecule has 0 bridgehead atoms. The Kier molecular flexibility index (Phi) is 4.51. The van der Waals surface area contributed by atoms with Crippen molar-refractivity contribution in [2.24, 2.45) is 5.92 Å². The number of hydrogen-bond acceptors (Lipinski definition) is 2. The number of Topliss-reactive ketones (excluding diaryl/α,β-unsaturated/α-hetero) is 1. The number of benzene rings is 1. The first-order valence-electron chi connectivity index (χ1n) is 6.63. The first-order valence-corrected chi connectivity index (χ1v) is 6.63. The Morgan fingerprint density at radius 3 is 2.39 bits per heavy atom. The van der Waals surface area contributed by atoms with Gasteiger partial charge in [-0.25, -0.2) is 0 Å². The van der Waals surface area contributed by atoms with Crippen LogP contribution in [0.15, 0.2) is 30.3 Å². The number of hydrogen-bond donors (Lipinski definition) is 1. The Balaban J connectivity index is 1.82. The molecule has 96 valence electrons. The number of nitrogens with one attached hydrogen (secondary N) is 1. The predicted octanol–water partition coefficient (Wildman–Crippen LogP) is 2.45. The Labute approximate surface area is 108 Å². The lowest BCUT2D eigenvalue weighted by atomic mass is 9.86. The lowest BCUT2D eigenvalue weighted by Gasteiger charge is -2.19. The summed E-state index contributed by atoms with van der Waals surface area (Å²) in [5.41, 5.74) is 1.02. The Hall–Kier alpha value is -1.64. The summed E-state index contributed by atoms with van der Waals surface area (Å²) in [6.07, 6.45) is 5.08. The van der Waals surface area contributed by atoms with Gasteiger partial charge in [0.25, 0.3) is 5.91 Å². The third-order valence-corrected chi connectivity index (χ3v) is 3.50. The minimum Gasteiger partial charge on any atom is -0.345 e. The number of amides is 1. The molecule has 3 nitrogen and oxygen atoms in total. The van der Waals surface area contributed by atoms with Crippen molar-refractivity contribution in [2.75, 3.05) is 0 Å². The molecule has 0 atom stereocenters. The van der Waals surface area contributed by atoms with E-state index in [4.69, 9.17) is 0 Å². The Morgan fingerprint density at radius 2 is 1.72 bits per heavy atom. The van der Waals surface area contributed by atoms with Crippen LogP contribution in [-0.2, 0) is 16.1 Å². The van der Waals surface area contributed by atoms with Crippen LogP contribution < -0.4 is 5.32 Å². The highest BCUT2D eigenvalue weighted by Gasteiger charge is 2.26. The fourth-order valence-electron chi connectivity index (χ4n) is 2.42. The number of carbonyl (C=O) groups excluding carboxylic acids is 2. The van der Waals surface area contributed by atoms with Crippen LogP contribution in [0.2, 0.25) is 0 Å². The molecule has 0 aliphatic heterocycles. The highest BCUT2D eigenvalue weighted by atomic mass is 16.2. The lowest BCUT2D eigenvalue weighted by molar-refractivity contribution is -0.140. The molecular weight excluding hydrogens is 226 g/mol. The average molecular weight is 245 g/mol. The number of ketones is 1. The quantitative estimate of drug-likeness (QED) is 0.828. The fourth-order valence-corrected chi connectivity index (χ4v) is 2.42. The summed E-state index contributed by atoms with van der Waals surface area (Å²) in [5, 5.41) is 2.71. The molecule has 1 aromatic rings. The van der Waals surface area contributed by atoms with E-state index < -0.39 is 5.91 Å². The molecule has 0 spiro atoms. The molecule has 1 N–H and O–H groups in total. The van der Waals surface area contributed by atoms with Crippen molar-refractivity contribution < 1.29 is 9.59 Å². The van der Waals surface area contributed by atoms with E-state index in [9.17, 15) is 9.59 Å². The van der Waals surface area contributed by atoms with Crippen molar-refractivity contribution in [1.29, 1.82) is 0 Å². The third-order valence-electron chi connectivity index (χ3n) is 3.50. The summed E-state index contributed by atoms with van der Waals surface area (Å²) >= 11 is 0. The van der Waals surface area contributed by atoms with Gasteiger partial charge in [-0.15, -0.1) is 0 Å². The summed E-state index contributed by atoms with van der Waals surface area (Å²) in [7, 11) is 0. The first-order chi connectivity index (χ1) is 8.77. The standard InChI is InChI=1S/C15H19NO2/c17-14(13-9-5-2-6-10-13)15(18)16-11-12-7-3-1-4-8-12/h1,3-4,7-8,13H,2,5-6,9-11H2,(H,16,18). The van der Waals surface area contributed by atoms with Crippen molar-refractivity contribution in [3.63, 3.8) is 0 Å². The molecule has 0 unspecified atom stereocenters. The van der Waals surface area contributed by atoms with Crippen LogP contribution in [0, 0.1) is 5.92 Å². The second kappa shape index (κ2) is 6.34. The van der Waals surface area contributed by atoms with Gasteiger partial charge >= 0.3 is 0 Å². The van der Waals surface area contributed by atoms with Gasteiger partial charge in [0, 0.05) is 12.5 Å². The zero-order chi connectivity index (χ0) is 12.8. The van der Waals surface area contributed by atoms with Gasteiger partial charge in [-0.1, -0.05) is 49.6 Å². The van der Waals surface area contributed by atoms with Crippen LogP contribution >= 0.6 is 0 Å². The fraction of sp³-hybridized carbons (Fsp3) is 0.467. The van der Waals surface area contributed by atoms with Gasteiger partial charge in [0.1, 0.15) is 0 Å². The maximum Gasteiger partial charge on any atom is 0.287 e. The third kappa shape index (κ3) is 3.42. The zero-order valence-corrected chi connectivity index (χ0v) is 10.5. The van der Waals surface area contributed by atoms with Crippen LogP contribution in [-0.4, -0.2) is 11.7 Å². The van der Waals surface area contributed by atoms with E-state index in [1.54, 1.807) is 0 Å². The molecule has 1 fully saturated rings. The summed E-state index contributed by atoms with van der Waals surface area (Å²) in [6, 6.07) is 9.64. The topological polar surface area (TPSA) is 46.2 Å². The van der Waals surface area contributed by atoms with Crippen molar-refractivity contribution in [1.82, 2.24) is 5.32 Å². The molecule has 1 aromatic carbocycles. The van der Waals surface area contributed by atoms with Crippen LogP contribution in [0.3, 0.4) is 0 Å². The van der Waals surface area contributed by atoms with E-state index in [2.05, 4.69) is 5.32 Å². The molecular formula is C15H19NO2. The summed E-state index contributed by atoms with van der Waals surface area (Å²) < 4.78 is 0. The van der Waals surface area contributed by atoms with Gasteiger partial charge in [-0.3, -0.25) is 9.59 Å². The van der Waals surface area contributed by atoms with Gasteiger partial charge in [0.05, 0.1) is 0 Å². The molecule has 0 heterocycles. The van der Waals surface area contributed by atoms with E-state index in [1.807, 2.05) is 30.3 Å². The van der Waals surface area contributed by atoms with Crippen molar-refractivity contribution in [2.45, 2.75) is 38.6 Å². The van der Waals surface area contributed by atoms with Crippen LogP contribution in [0.5, 0.6) is 0 Å². The van der Waals surface area contributed by atoms with Crippen molar-refractivity contribution in [3.05, 3.63) is 35.9 Å². The molecule has 0 saturated heterocycles. The molecule has 3 heteroatoms. The summed E-state index contributed by atoms with van der Waals surface area (Å²) in [5.74, 6) is -0.703. The lowest BCUT2D eigenvalue weighted by Crippen LogP contribution is -2.35. The molecule has 1 amide bonds. The largest absolute Gasteiger partial charge is 0.345 e. The molecule has 1 aliphatic rings. The average Bonchev–Trinajstić information content (AvgIpc) is 2.46. The second-order valence-electron chi connectivity index (χ2n) is 4.87. The van der Waals surface area contributed by atoms with E-state index in [-0.39, 0.29) is 11.7 Å². The van der Waals surface area contributed by atoms with Crippen LogP contribution in [0.25, 0.3) is 0 Å². The van der Waals surface area contributed by atoms with Crippen LogP contribution in [0.1, 0.15) is 37.7 Å². The zero-order valence-electron chi connectivity index (χ0n) is 10.5. The number of rotatable bonds is 4. The maximum atomic E-state index is 11.9. The number of carbonyl (C=O) groups is 2. The molecule has 0 aromatic heterocycles. The van der Waals surface area contributed by atoms with E-state index in [1.165, 1.54) is 6.42 Å². The minimum atomic E-state index is -0.425. The van der Waals surface area contributed by atoms with Gasteiger partial charge in [-0.2, -0.15) is 0 Å². The maximum absolute atomic E-state index is 11.9. The highest BCUT2D eigenvalue weighted by molar-refractivity contribution is 6.36. The summed E-state index contributed by atoms with van der Waals surface area (Å²) in [4.78, 5) is 23.7. The normalized spacial score (nSPS) is 16.2. The highest BCUT2D eigenvalue weighted by Crippen LogP contribution is 2.24. The van der Waals surface area contributed by atoms with Gasteiger partial charge in [0.2, 0.25) is 5.78 Å². The first kappa shape index (κ1) is 12.8. The predicted molar refractivity (Wildman–Crippen MR) is 69.9 cm³/mol. The summed E-state index contributed by atoms with van der Waals surface area (Å²) in [6.45, 7) is 0.429. The van der Waals surface area contributed by atoms with Gasteiger partial charge in [0.15, 0.2) is 0 Å². The van der Waals surface area contributed by atoms with Crippen molar-refractivity contribution in [3.8, 4) is 0 Å². The monoisotopic (exact) mass is 245 g/mol. The van der Waals surface area contributed by atoms with Gasteiger partial charge in [-0.05, 0) is 18.4 Å². The second-order valence-corrected chi connectivity index (χ2v) is 4.87.